The Kier molecular flexibility index (Phi) is 2.70. The normalized spacial score (nSPS) is 10.9. The lowest BCUT2D eigenvalue weighted by Crippen LogP contribution is -2.01. The molecular weight excluding hydrogens is 261 g/mol. The van der Waals surface area contributed by atoms with Crippen LogP contribution in [0, 0.1) is 12.7 Å². The maximum absolute atomic E-state index is 13.2. The van der Waals surface area contributed by atoms with Crippen molar-refractivity contribution in [1.29, 1.82) is 0 Å². The highest BCUT2D eigenvalue weighted by Gasteiger charge is 2.15. The molecule has 0 atom stereocenters. The predicted molar refractivity (Wildman–Crippen MR) is 70.5 cm³/mol. The summed E-state index contributed by atoms with van der Waals surface area (Å²) >= 11 is 0. The van der Waals surface area contributed by atoms with Crippen LogP contribution in [-0.2, 0) is 7.05 Å². The summed E-state index contributed by atoms with van der Waals surface area (Å²) in [6.45, 7) is 1.86. The summed E-state index contributed by atoms with van der Waals surface area (Å²) in [5.41, 5.74) is 7.82. The van der Waals surface area contributed by atoms with E-state index in [-0.39, 0.29) is 5.69 Å². The molecule has 0 saturated carbocycles. The van der Waals surface area contributed by atoms with Crippen molar-refractivity contribution in [1.82, 2.24) is 30.0 Å². The van der Waals surface area contributed by atoms with Crippen LogP contribution in [0.2, 0.25) is 0 Å². The van der Waals surface area contributed by atoms with Crippen LogP contribution in [0.5, 0.6) is 0 Å². The molecule has 102 valence electrons. The number of hydrogen-bond donors (Lipinski definition) is 1. The average molecular weight is 273 g/mol. The highest BCUT2D eigenvalue weighted by atomic mass is 19.1. The number of benzene rings is 1. The van der Waals surface area contributed by atoms with Gasteiger partial charge in [-0.25, -0.2) is 4.39 Å². The molecule has 2 heterocycles. The van der Waals surface area contributed by atoms with Crippen molar-refractivity contribution in [2.45, 2.75) is 6.92 Å². The van der Waals surface area contributed by atoms with Crippen molar-refractivity contribution in [3.05, 3.63) is 35.9 Å². The Labute approximate surface area is 113 Å². The Morgan fingerprint density at radius 1 is 1.30 bits per heavy atom. The Morgan fingerprint density at radius 2 is 2.10 bits per heavy atom. The average Bonchev–Trinajstić information content (AvgIpc) is 2.99. The van der Waals surface area contributed by atoms with Gasteiger partial charge in [-0.2, -0.15) is 9.78 Å². The first-order chi connectivity index (χ1) is 9.56. The van der Waals surface area contributed by atoms with Crippen LogP contribution in [-0.4, -0.2) is 30.0 Å². The van der Waals surface area contributed by atoms with E-state index in [1.54, 1.807) is 15.4 Å². The first kappa shape index (κ1) is 12.3. The zero-order valence-corrected chi connectivity index (χ0v) is 10.9. The second-order valence-electron chi connectivity index (χ2n) is 4.42. The minimum Gasteiger partial charge on any atom is -0.396 e. The van der Waals surface area contributed by atoms with Gasteiger partial charge in [-0.1, -0.05) is 0 Å². The van der Waals surface area contributed by atoms with Gasteiger partial charge in [0.25, 0.3) is 0 Å². The van der Waals surface area contributed by atoms with E-state index in [0.29, 0.717) is 11.4 Å². The van der Waals surface area contributed by atoms with Gasteiger partial charge < -0.3 is 5.73 Å². The van der Waals surface area contributed by atoms with Crippen LogP contribution in [0.3, 0.4) is 0 Å². The summed E-state index contributed by atoms with van der Waals surface area (Å²) in [5.74, 6) is 0.0122. The standard InChI is InChI=1S/C12H12FN7/c1-7-11(6-19(2)16-7)20-12(15-17-18-20)8-3-4-9(13)10(14)5-8/h3-6H,14H2,1-2H3. The number of nitrogens with zero attached hydrogens (tertiary/aromatic N) is 6. The molecule has 1 aromatic carbocycles. The number of rotatable bonds is 2. The maximum atomic E-state index is 13.2. The molecule has 0 aliphatic rings. The SMILES string of the molecule is Cc1nn(C)cc1-n1nnnc1-c1ccc(F)c(N)c1. The lowest BCUT2D eigenvalue weighted by atomic mass is 10.2. The third-order valence-corrected chi connectivity index (χ3v) is 2.94. The summed E-state index contributed by atoms with van der Waals surface area (Å²) < 4.78 is 16.5. The van der Waals surface area contributed by atoms with E-state index in [1.165, 1.54) is 12.1 Å². The number of hydrogen-bond acceptors (Lipinski definition) is 5. The topological polar surface area (TPSA) is 87.4 Å². The molecule has 8 heteroatoms. The monoisotopic (exact) mass is 273 g/mol. The Balaban J connectivity index is 2.15. The van der Waals surface area contributed by atoms with Crippen molar-refractivity contribution < 1.29 is 4.39 Å². The lowest BCUT2D eigenvalue weighted by Gasteiger charge is -2.04. The molecule has 0 spiro atoms. The van der Waals surface area contributed by atoms with Crippen molar-refractivity contribution in [2.75, 3.05) is 5.73 Å². The van der Waals surface area contributed by atoms with E-state index in [0.717, 1.165) is 11.4 Å². The molecule has 20 heavy (non-hydrogen) atoms. The summed E-state index contributed by atoms with van der Waals surface area (Å²) in [7, 11) is 1.82. The van der Waals surface area contributed by atoms with Crippen molar-refractivity contribution in [3.63, 3.8) is 0 Å². The highest BCUT2D eigenvalue weighted by molar-refractivity contribution is 5.63. The van der Waals surface area contributed by atoms with Gasteiger partial charge in [-0.15, -0.1) is 5.10 Å². The van der Waals surface area contributed by atoms with Crippen molar-refractivity contribution in [2.24, 2.45) is 7.05 Å². The molecule has 0 radical (unpaired) electrons. The molecule has 0 aliphatic heterocycles. The molecular formula is C12H12FN7. The van der Waals surface area contributed by atoms with Gasteiger partial charge in [0.2, 0.25) is 0 Å². The predicted octanol–water partition coefficient (Wildman–Crippen LogP) is 1.09. The molecule has 3 aromatic rings. The summed E-state index contributed by atoms with van der Waals surface area (Å²) in [6, 6.07) is 4.38. The van der Waals surface area contributed by atoms with Crippen LogP contribution >= 0.6 is 0 Å². The molecule has 0 amide bonds. The highest BCUT2D eigenvalue weighted by Crippen LogP contribution is 2.23. The summed E-state index contributed by atoms with van der Waals surface area (Å²) in [5, 5.41) is 15.8. The fourth-order valence-corrected chi connectivity index (χ4v) is 2.01. The maximum Gasteiger partial charge on any atom is 0.187 e. The number of tetrazole rings is 1. The number of nitrogen functional groups attached to an aromatic ring is 1. The number of aromatic nitrogens is 6. The molecule has 0 bridgehead atoms. The first-order valence-electron chi connectivity index (χ1n) is 5.90. The summed E-state index contributed by atoms with van der Waals surface area (Å²) in [4.78, 5) is 0. The number of aryl methyl sites for hydroxylation is 2. The van der Waals surface area contributed by atoms with Crippen LogP contribution in [0.25, 0.3) is 17.1 Å². The first-order valence-corrected chi connectivity index (χ1v) is 5.90. The Morgan fingerprint density at radius 3 is 2.75 bits per heavy atom. The molecule has 0 aliphatic carbocycles. The van der Waals surface area contributed by atoms with Gasteiger partial charge in [0.1, 0.15) is 11.5 Å². The molecule has 2 aromatic heterocycles. The number of anilines is 1. The Bertz CT molecular complexity index is 774. The van der Waals surface area contributed by atoms with Gasteiger partial charge in [0, 0.05) is 12.6 Å². The van der Waals surface area contributed by atoms with Gasteiger partial charge >= 0.3 is 0 Å². The van der Waals surface area contributed by atoms with Gasteiger partial charge in [-0.05, 0) is 35.5 Å². The number of nitrogens with two attached hydrogens (primary N) is 1. The largest absolute Gasteiger partial charge is 0.396 e. The quantitative estimate of drug-likeness (QED) is 0.706. The van der Waals surface area contributed by atoms with Crippen LogP contribution in [0.15, 0.2) is 24.4 Å². The van der Waals surface area contributed by atoms with Crippen LogP contribution < -0.4 is 5.73 Å². The number of halogens is 1. The second-order valence-corrected chi connectivity index (χ2v) is 4.42. The molecule has 2 N–H and O–H groups in total. The van der Waals surface area contributed by atoms with Crippen LogP contribution in [0.1, 0.15) is 5.69 Å². The molecule has 3 rings (SSSR count). The molecule has 0 unspecified atom stereocenters. The van der Waals surface area contributed by atoms with E-state index in [1.807, 2.05) is 20.2 Å². The van der Waals surface area contributed by atoms with Crippen molar-refractivity contribution in [3.8, 4) is 17.1 Å². The fraction of sp³-hybridized carbons (Fsp3) is 0.167. The Hall–Kier alpha value is -2.77. The zero-order valence-electron chi connectivity index (χ0n) is 10.9. The van der Waals surface area contributed by atoms with E-state index >= 15 is 0 Å². The van der Waals surface area contributed by atoms with E-state index in [2.05, 4.69) is 20.6 Å². The second kappa shape index (κ2) is 4.41. The smallest absolute Gasteiger partial charge is 0.187 e. The van der Waals surface area contributed by atoms with Gasteiger partial charge in [0.05, 0.1) is 17.6 Å². The van der Waals surface area contributed by atoms with Gasteiger partial charge in [0.15, 0.2) is 5.82 Å². The van der Waals surface area contributed by atoms with E-state index in [9.17, 15) is 4.39 Å². The molecule has 0 saturated heterocycles. The van der Waals surface area contributed by atoms with E-state index < -0.39 is 5.82 Å². The van der Waals surface area contributed by atoms with Crippen LogP contribution in [0.4, 0.5) is 10.1 Å². The van der Waals surface area contributed by atoms with Gasteiger partial charge in [-0.3, -0.25) is 4.68 Å². The third kappa shape index (κ3) is 1.91. The minimum atomic E-state index is -0.467. The molecule has 0 fully saturated rings. The zero-order chi connectivity index (χ0) is 14.3. The molecule has 7 nitrogen and oxygen atoms in total. The third-order valence-electron chi connectivity index (χ3n) is 2.94. The van der Waals surface area contributed by atoms with Crippen molar-refractivity contribution >= 4 is 5.69 Å². The summed E-state index contributed by atoms with van der Waals surface area (Å²) in [6.07, 6.45) is 1.81. The van der Waals surface area contributed by atoms with E-state index in [4.69, 9.17) is 5.73 Å². The minimum absolute atomic E-state index is 0.0555. The fourth-order valence-electron chi connectivity index (χ4n) is 2.01. The lowest BCUT2D eigenvalue weighted by molar-refractivity contribution is 0.632.